The molecular formula is C11H11F3N2O. The molecule has 0 unspecified atom stereocenters. The summed E-state index contributed by atoms with van der Waals surface area (Å²) in [5.74, 6) is -2.59. The lowest BCUT2D eigenvalue weighted by atomic mass is 10.1. The number of benzene rings is 1. The number of halogens is 3. The van der Waals surface area contributed by atoms with Crippen LogP contribution in [-0.2, 0) is 0 Å². The van der Waals surface area contributed by atoms with E-state index in [2.05, 4.69) is 5.32 Å². The van der Waals surface area contributed by atoms with Crippen molar-refractivity contribution in [3.63, 3.8) is 0 Å². The van der Waals surface area contributed by atoms with Gasteiger partial charge in [0.1, 0.15) is 0 Å². The molecule has 1 aromatic rings. The van der Waals surface area contributed by atoms with Crippen LogP contribution >= 0.6 is 0 Å². The van der Waals surface area contributed by atoms with E-state index in [-0.39, 0.29) is 5.69 Å². The van der Waals surface area contributed by atoms with E-state index in [0.29, 0.717) is 26.2 Å². The van der Waals surface area contributed by atoms with E-state index in [4.69, 9.17) is 0 Å². The molecule has 1 aliphatic heterocycles. The Hall–Kier alpha value is -1.56. The summed E-state index contributed by atoms with van der Waals surface area (Å²) in [5, 5.41) is 3.08. The van der Waals surface area contributed by atoms with Gasteiger partial charge in [0.2, 0.25) is 0 Å². The molecule has 3 nitrogen and oxygen atoms in total. The van der Waals surface area contributed by atoms with Crippen molar-refractivity contribution in [3.05, 3.63) is 29.3 Å². The number of carbonyl (C=O) groups is 1. The summed E-state index contributed by atoms with van der Waals surface area (Å²) < 4.78 is 39.4. The zero-order valence-corrected chi connectivity index (χ0v) is 8.97. The van der Waals surface area contributed by atoms with Gasteiger partial charge in [-0.3, -0.25) is 4.79 Å². The van der Waals surface area contributed by atoms with Gasteiger partial charge < -0.3 is 10.2 Å². The molecule has 92 valence electrons. The van der Waals surface area contributed by atoms with Gasteiger partial charge in [-0.25, -0.2) is 8.78 Å². The largest absolute Gasteiger partial charge is 0.367 e. The van der Waals surface area contributed by atoms with Crippen LogP contribution in [0.3, 0.4) is 0 Å². The van der Waals surface area contributed by atoms with Gasteiger partial charge in [0.25, 0.3) is 0 Å². The number of hydrogen-bond donors (Lipinski definition) is 1. The fraction of sp³-hybridized carbons (Fsp3) is 0.364. The normalized spacial score (nSPS) is 16.1. The van der Waals surface area contributed by atoms with Gasteiger partial charge in [0, 0.05) is 26.2 Å². The van der Waals surface area contributed by atoms with Crippen molar-refractivity contribution in [2.24, 2.45) is 0 Å². The smallest absolute Gasteiger partial charge is 0.335 e. The minimum Gasteiger partial charge on any atom is -0.367 e. The zero-order valence-electron chi connectivity index (χ0n) is 8.97. The van der Waals surface area contributed by atoms with Crippen LogP contribution in [0.25, 0.3) is 0 Å². The van der Waals surface area contributed by atoms with Crippen LogP contribution in [0.4, 0.5) is 18.9 Å². The van der Waals surface area contributed by atoms with E-state index < -0.39 is 23.2 Å². The minimum absolute atomic E-state index is 0.0639. The molecule has 0 saturated carbocycles. The molecule has 0 aliphatic carbocycles. The van der Waals surface area contributed by atoms with Gasteiger partial charge in [-0.05, 0) is 12.1 Å². The van der Waals surface area contributed by atoms with Crippen molar-refractivity contribution in [1.29, 1.82) is 0 Å². The van der Waals surface area contributed by atoms with Gasteiger partial charge >= 0.3 is 6.04 Å². The van der Waals surface area contributed by atoms with Crippen LogP contribution in [0, 0.1) is 11.6 Å². The lowest BCUT2D eigenvalue weighted by Gasteiger charge is -2.29. The summed E-state index contributed by atoms with van der Waals surface area (Å²) in [6, 6.07) is 0.238. The van der Waals surface area contributed by atoms with Crippen molar-refractivity contribution >= 4 is 11.7 Å². The zero-order chi connectivity index (χ0) is 12.4. The summed E-state index contributed by atoms with van der Waals surface area (Å²) in [7, 11) is 0. The molecule has 17 heavy (non-hydrogen) atoms. The first-order chi connectivity index (χ1) is 8.11. The molecule has 1 N–H and O–H groups in total. The molecule has 0 aromatic heterocycles. The van der Waals surface area contributed by atoms with E-state index in [1.165, 1.54) is 6.07 Å². The third-order valence-electron chi connectivity index (χ3n) is 2.73. The highest BCUT2D eigenvalue weighted by molar-refractivity contribution is 5.89. The Bertz CT molecular complexity index is 445. The molecule has 1 aromatic carbocycles. The van der Waals surface area contributed by atoms with Gasteiger partial charge in [0.05, 0.1) is 11.3 Å². The number of hydrogen-bond acceptors (Lipinski definition) is 3. The topological polar surface area (TPSA) is 32.3 Å². The van der Waals surface area contributed by atoms with Crippen molar-refractivity contribution in [1.82, 2.24) is 5.32 Å². The summed E-state index contributed by atoms with van der Waals surface area (Å²) in [5.41, 5.74) is -0.796. The Kier molecular flexibility index (Phi) is 3.33. The fourth-order valence-electron chi connectivity index (χ4n) is 1.84. The van der Waals surface area contributed by atoms with E-state index in [9.17, 15) is 18.0 Å². The minimum atomic E-state index is -1.96. The molecule has 0 bridgehead atoms. The Morgan fingerprint density at radius 1 is 1.18 bits per heavy atom. The number of piperazine rings is 1. The standard InChI is InChI=1S/C11H11F3N2O/c12-9-7(11(14)17)1-2-8(10(9)13)16-5-3-15-4-6-16/h1-2,15H,3-6H2. The number of nitrogens with zero attached hydrogens (tertiary/aromatic N) is 1. The van der Waals surface area contributed by atoms with Crippen LogP contribution in [0.5, 0.6) is 0 Å². The maximum Gasteiger partial charge on any atom is 0.335 e. The molecule has 1 fully saturated rings. The number of carbonyl (C=O) groups excluding carboxylic acids is 1. The maximum atomic E-state index is 13.7. The Labute approximate surface area is 96.2 Å². The fourth-order valence-corrected chi connectivity index (χ4v) is 1.84. The lowest BCUT2D eigenvalue weighted by molar-refractivity contribution is 0.0830. The molecule has 1 aliphatic rings. The molecule has 0 atom stereocenters. The van der Waals surface area contributed by atoms with Gasteiger partial charge in [0.15, 0.2) is 11.6 Å². The van der Waals surface area contributed by atoms with E-state index >= 15 is 0 Å². The van der Waals surface area contributed by atoms with Crippen LogP contribution in [0.1, 0.15) is 10.4 Å². The van der Waals surface area contributed by atoms with Crippen LogP contribution in [0.15, 0.2) is 12.1 Å². The third kappa shape index (κ3) is 2.26. The highest BCUT2D eigenvalue weighted by atomic mass is 19.2. The Balaban J connectivity index is 2.36. The molecule has 2 rings (SSSR count). The summed E-state index contributed by atoms with van der Waals surface area (Å²) >= 11 is 0. The average molecular weight is 244 g/mol. The highest BCUT2D eigenvalue weighted by Gasteiger charge is 2.22. The average Bonchev–Trinajstić information content (AvgIpc) is 2.33. The van der Waals surface area contributed by atoms with Crippen molar-refractivity contribution in [2.45, 2.75) is 0 Å². The number of rotatable bonds is 2. The van der Waals surface area contributed by atoms with Crippen molar-refractivity contribution in [3.8, 4) is 0 Å². The number of nitrogens with one attached hydrogen (secondary N) is 1. The second-order valence-corrected chi connectivity index (χ2v) is 3.77. The Morgan fingerprint density at radius 2 is 1.82 bits per heavy atom. The lowest BCUT2D eigenvalue weighted by Crippen LogP contribution is -2.44. The predicted molar refractivity (Wildman–Crippen MR) is 56.9 cm³/mol. The van der Waals surface area contributed by atoms with Gasteiger partial charge in [-0.2, -0.15) is 4.39 Å². The quantitative estimate of drug-likeness (QED) is 0.800. The molecule has 6 heteroatoms. The molecule has 1 saturated heterocycles. The maximum absolute atomic E-state index is 13.7. The van der Waals surface area contributed by atoms with Gasteiger partial charge in [-0.1, -0.05) is 0 Å². The second kappa shape index (κ2) is 4.75. The predicted octanol–water partition coefficient (Wildman–Crippen LogP) is 1.48. The summed E-state index contributed by atoms with van der Waals surface area (Å²) in [6.07, 6.45) is 0. The highest BCUT2D eigenvalue weighted by Crippen LogP contribution is 2.25. The third-order valence-corrected chi connectivity index (χ3v) is 2.73. The van der Waals surface area contributed by atoms with E-state index in [0.717, 1.165) is 6.07 Å². The van der Waals surface area contributed by atoms with Crippen LogP contribution in [-0.4, -0.2) is 32.2 Å². The van der Waals surface area contributed by atoms with E-state index in [1.54, 1.807) is 4.90 Å². The molecular weight excluding hydrogens is 233 g/mol. The number of anilines is 1. The monoisotopic (exact) mass is 244 g/mol. The second-order valence-electron chi connectivity index (χ2n) is 3.77. The summed E-state index contributed by atoms with van der Waals surface area (Å²) in [6.45, 7) is 2.42. The molecule has 0 spiro atoms. The first-order valence-corrected chi connectivity index (χ1v) is 5.24. The van der Waals surface area contributed by atoms with E-state index in [1.807, 2.05) is 0 Å². The molecule has 0 radical (unpaired) electrons. The first kappa shape index (κ1) is 11.9. The first-order valence-electron chi connectivity index (χ1n) is 5.24. The molecule has 1 heterocycles. The van der Waals surface area contributed by atoms with Crippen molar-refractivity contribution < 1.29 is 18.0 Å². The van der Waals surface area contributed by atoms with Crippen LogP contribution in [0.2, 0.25) is 0 Å². The SMILES string of the molecule is O=C(F)c1ccc(N2CCNCC2)c(F)c1F. The Morgan fingerprint density at radius 3 is 2.41 bits per heavy atom. The van der Waals surface area contributed by atoms with Crippen molar-refractivity contribution in [2.75, 3.05) is 31.1 Å². The molecule has 0 amide bonds. The summed E-state index contributed by atoms with van der Waals surface area (Å²) in [4.78, 5) is 12.1. The van der Waals surface area contributed by atoms with Crippen LogP contribution < -0.4 is 10.2 Å². The van der Waals surface area contributed by atoms with Gasteiger partial charge in [-0.15, -0.1) is 0 Å².